The van der Waals surface area contributed by atoms with Gasteiger partial charge in [-0.2, -0.15) is 0 Å². The molecule has 0 atom stereocenters. The SMILES string of the molecule is c1ccc(-c2cccc(-c3ccc(-n4c5ccccc5c5cc(-c6ccc7c(c6)c6ccccc6n7-c6ccc(C(c7ccccc7)(c7ccccc7)c7ccccc7)cc6)ccc54)cc3)c2)cc1. The van der Waals surface area contributed by atoms with Gasteiger partial charge >= 0.3 is 0 Å². The first-order chi connectivity index (χ1) is 34.2. The van der Waals surface area contributed by atoms with Crippen LogP contribution in [0.5, 0.6) is 0 Å². The molecule has 324 valence electrons. The van der Waals surface area contributed by atoms with E-state index in [1.165, 1.54) is 99.2 Å². The van der Waals surface area contributed by atoms with Crippen LogP contribution in [0.3, 0.4) is 0 Å². The average Bonchev–Trinajstić information content (AvgIpc) is 3.95. The van der Waals surface area contributed by atoms with Crippen molar-refractivity contribution in [1.29, 1.82) is 0 Å². The van der Waals surface area contributed by atoms with E-state index in [0.29, 0.717) is 0 Å². The van der Waals surface area contributed by atoms with E-state index < -0.39 is 5.41 Å². The Bertz CT molecular complexity index is 3860. The molecule has 0 aliphatic heterocycles. The molecule has 13 rings (SSSR count). The molecule has 0 N–H and O–H groups in total. The van der Waals surface area contributed by atoms with Crippen LogP contribution in [0.1, 0.15) is 22.3 Å². The Morgan fingerprint density at radius 2 is 0.522 bits per heavy atom. The molecule has 0 amide bonds. The predicted octanol–water partition coefficient (Wildman–Crippen LogP) is 17.3. The van der Waals surface area contributed by atoms with Crippen LogP contribution in [0.4, 0.5) is 0 Å². The lowest BCUT2D eigenvalue weighted by Gasteiger charge is -2.37. The minimum Gasteiger partial charge on any atom is -0.309 e. The fourth-order valence-electron chi connectivity index (χ4n) is 11.1. The van der Waals surface area contributed by atoms with Crippen molar-refractivity contribution >= 4 is 43.6 Å². The molecule has 2 aromatic heterocycles. The molecule has 2 heteroatoms. The van der Waals surface area contributed by atoms with Crippen LogP contribution < -0.4 is 0 Å². The quantitative estimate of drug-likeness (QED) is 0.128. The highest BCUT2D eigenvalue weighted by atomic mass is 15.0. The molecule has 0 fully saturated rings. The average molecular weight is 879 g/mol. The molecule has 11 aromatic carbocycles. The van der Waals surface area contributed by atoms with Crippen molar-refractivity contribution in [2.75, 3.05) is 0 Å². The Morgan fingerprint density at radius 3 is 0.986 bits per heavy atom. The van der Waals surface area contributed by atoms with Crippen LogP contribution in [0.15, 0.2) is 279 Å². The highest BCUT2D eigenvalue weighted by Gasteiger charge is 2.38. The number of aromatic nitrogens is 2. The van der Waals surface area contributed by atoms with E-state index >= 15 is 0 Å². The number of rotatable bonds is 9. The maximum atomic E-state index is 2.43. The fourth-order valence-corrected chi connectivity index (χ4v) is 11.1. The van der Waals surface area contributed by atoms with Crippen LogP contribution >= 0.6 is 0 Å². The summed E-state index contributed by atoms with van der Waals surface area (Å²) in [5, 5.41) is 4.95. The molecular formula is C67H46N2. The predicted molar refractivity (Wildman–Crippen MR) is 290 cm³/mol. The van der Waals surface area contributed by atoms with Crippen LogP contribution in [0.25, 0.3) is 88.4 Å². The smallest absolute Gasteiger partial charge is 0.0701 e. The molecule has 0 unspecified atom stereocenters. The summed E-state index contributed by atoms with van der Waals surface area (Å²) in [6.45, 7) is 0. The summed E-state index contributed by atoms with van der Waals surface area (Å²) in [4.78, 5) is 0. The van der Waals surface area contributed by atoms with E-state index in [4.69, 9.17) is 0 Å². The minimum absolute atomic E-state index is 0.508. The number of fused-ring (bicyclic) bond motifs is 6. The number of benzene rings is 11. The van der Waals surface area contributed by atoms with Gasteiger partial charge < -0.3 is 9.13 Å². The lowest BCUT2D eigenvalue weighted by atomic mass is 9.65. The van der Waals surface area contributed by atoms with Crippen molar-refractivity contribution < 1.29 is 0 Å². The second-order valence-corrected chi connectivity index (χ2v) is 18.1. The van der Waals surface area contributed by atoms with Crippen molar-refractivity contribution in [3.63, 3.8) is 0 Å². The number of hydrogen-bond acceptors (Lipinski definition) is 0. The molecule has 0 aliphatic rings. The molecule has 0 saturated heterocycles. The Kier molecular flexibility index (Phi) is 9.77. The standard InChI is InChI=1S/C67H46N2/c1-5-18-47(19-6-1)49-20-17-21-50(44-49)48-32-38-57(39-33-48)68-63-30-15-13-28-59(63)61-45-51(34-42-65(61)68)52-35-43-66-62(46-52)60-29-14-16-31-64(60)69(66)58-40-36-56(37-41-58)67(53-22-7-2-8-23-53,54-24-9-3-10-25-54)55-26-11-4-12-27-55/h1-46H. The highest BCUT2D eigenvalue weighted by molar-refractivity contribution is 6.12. The summed E-state index contributed by atoms with van der Waals surface area (Å²) in [7, 11) is 0. The number of nitrogens with zero attached hydrogens (tertiary/aromatic N) is 2. The van der Waals surface area contributed by atoms with Gasteiger partial charge in [0.2, 0.25) is 0 Å². The van der Waals surface area contributed by atoms with Gasteiger partial charge in [-0.05, 0) is 122 Å². The summed E-state index contributed by atoms with van der Waals surface area (Å²) < 4.78 is 4.83. The molecule has 0 saturated carbocycles. The lowest BCUT2D eigenvalue weighted by Crippen LogP contribution is -2.30. The van der Waals surface area contributed by atoms with Gasteiger partial charge in [-0.3, -0.25) is 0 Å². The second-order valence-electron chi connectivity index (χ2n) is 18.1. The van der Waals surface area contributed by atoms with Gasteiger partial charge in [0.25, 0.3) is 0 Å². The van der Waals surface area contributed by atoms with Crippen molar-refractivity contribution in [1.82, 2.24) is 9.13 Å². The van der Waals surface area contributed by atoms with Gasteiger partial charge in [0.1, 0.15) is 0 Å². The minimum atomic E-state index is -0.508. The third-order valence-electron chi connectivity index (χ3n) is 14.3. The molecule has 0 aliphatic carbocycles. The second kappa shape index (κ2) is 16.7. The van der Waals surface area contributed by atoms with E-state index in [0.717, 1.165) is 11.4 Å². The zero-order valence-electron chi connectivity index (χ0n) is 38.0. The van der Waals surface area contributed by atoms with Gasteiger partial charge in [0.15, 0.2) is 0 Å². The Labute approximate surface area is 402 Å². The topological polar surface area (TPSA) is 9.86 Å². The molecule has 69 heavy (non-hydrogen) atoms. The summed E-state index contributed by atoms with van der Waals surface area (Å²) in [6, 6.07) is 102. The Hall–Kier alpha value is -8.98. The van der Waals surface area contributed by atoms with Gasteiger partial charge in [0.05, 0.1) is 27.5 Å². The monoisotopic (exact) mass is 878 g/mol. The molecule has 2 heterocycles. The molecular weight excluding hydrogens is 833 g/mol. The van der Waals surface area contributed by atoms with Crippen molar-refractivity contribution in [3.8, 4) is 44.8 Å². The zero-order chi connectivity index (χ0) is 45.7. The molecule has 0 bridgehead atoms. The third-order valence-corrected chi connectivity index (χ3v) is 14.3. The maximum Gasteiger partial charge on any atom is 0.0701 e. The summed E-state index contributed by atoms with van der Waals surface area (Å²) in [5.41, 5.74) is 18.7. The van der Waals surface area contributed by atoms with Crippen LogP contribution in [-0.2, 0) is 5.41 Å². The largest absolute Gasteiger partial charge is 0.309 e. The Balaban J connectivity index is 0.886. The van der Waals surface area contributed by atoms with Gasteiger partial charge in [-0.25, -0.2) is 0 Å². The van der Waals surface area contributed by atoms with E-state index in [9.17, 15) is 0 Å². The van der Waals surface area contributed by atoms with Crippen LogP contribution in [0, 0.1) is 0 Å². The summed E-state index contributed by atoms with van der Waals surface area (Å²) in [5.74, 6) is 0. The number of para-hydroxylation sites is 2. The maximum absolute atomic E-state index is 2.43. The van der Waals surface area contributed by atoms with Crippen molar-refractivity contribution in [2.45, 2.75) is 5.41 Å². The first-order valence-corrected chi connectivity index (χ1v) is 23.8. The first-order valence-electron chi connectivity index (χ1n) is 23.8. The highest BCUT2D eigenvalue weighted by Crippen LogP contribution is 2.46. The van der Waals surface area contributed by atoms with Gasteiger partial charge in [-0.1, -0.05) is 212 Å². The normalized spacial score (nSPS) is 11.8. The van der Waals surface area contributed by atoms with E-state index in [-0.39, 0.29) is 0 Å². The van der Waals surface area contributed by atoms with E-state index in [2.05, 4.69) is 288 Å². The lowest BCUT2D eigenvalue weighted by molar-refractivity contribution is 0.745. The molecule has 13 aromatic rings. The first kappa shape index (κ1) is 40.3. The zero-order valence-corrected chi connectivity index (χ0v) is 38.0. The molecule has 0 radical (unpaired) electrons. The summed E-state index contributed by atoms with van der Waals surface area (Å²) >= 11 is 0. The van der Waals surface area contributed by atoms with Crippen LogP contribution in [-0.4, -0.2) is 9.13 Å². The molecule has 0 spiro atoms. The van der Waals surface area contributed by atoms with E-state index in [1.54, 1.807) is 0 Å². The van der Waals surface area contributed by atoms with Crippen molar-refractivity contribution in [2.24, 2.45) is 0 Å². The number of hydrogen-bond donors (Lipinski definition) is 0. The fraction of sp³-hybridized carbons (Fsp3) is 0.0149. The van der Waals surface area contributed by atoms with Crippen LogP contribution in [0.2, 0.25) is 0 Å². The van der Waals surface area contributed by atoms with Gasteiger partial charge in [-0.15, -0.1) is 0 Å². The summed E-state index contributed by atoms with van der Waals surface area (Å²) in [6.07, 6.45) is 0. The van der Waals surface area contributed by atoms with Crippen molar-refractivity contribution in [3.05, 3.63) is 301 Å². The van der Waals surface area contributed by atoms with E-state index in [1.807, 2.05) is 0 Å². The Morgan fingerprint density at radius 1 is 0.203 bits per heavy atom. The third kappa shape index (κ3) is 6.72. The molecule has 2 nitrogen and oxygen atoms in total. The van der Waals surface area contributed by atoms with Gasteiger partial charge in [0, 0.05) is 32.9 Å².